The van der Waals surface area contributed by atoms with E-state index < -0.39 is 0 Å². The summed E-state index contributed by atoms with van der Waals surface area (Å²) < 4.78 is 7.53. The smallest absolute Gasteiger partial charge is 0.0815 e. The van der Waals surface area contributed by atoms with Crippen LogP contribution in [-0.2, 0) is 0 Å². The van der Waals surface area contributed by atoms with Gasteiger partial charge in [-0.25, -0.2) is 0 Å². The summed E-state index contributed by atoms with van der Waals surface area (Å²) in [5.41, 5.74) is 0. The molecule has 3 nitrogen and oxygen atoms in total. The Morgan fingerprint density at radius 1 is 0.700 bits per heavy atom. The molecule has 0 aromatic carbocycles. The van der Waals surface area contributed by atoms with Crippen LogP contribution in [0.3, 0.4) is 0 Å². The lowest BCUT2D eigenvalue weighted by Gasteiger charge is -2.25. The Kier molecular flexibility index (Phi) is 6.13. The molecule has 0 radical (unpaired) electrons. The Labute approximate surface area is 78.6 Å². The topological polar surface area (TPSA) is 9.72 Å². The Hall–Kier alpha value is 0.964. The van der Waals surface area contributed by atoms with Crippen molar-refractivity contribution in [3.8, 4) is 0 Å². The predicted octanol–water partition coefficient (Wildman–Crippen LogP) is -6.79. The SMILES string of the molecule is [SiH3]N([SiH3])CN([SiH3])CN([SiH3])[SiH3]. The van der Waals surface area contributed by atoms with Crippen LogP contribution in [0.4, 0.5) is 0 Å². The summed E-state index contributed by atoms with van der Waals surface area (Å²) in [5, 5.41) is 0. The van der Waals surface area contributed by atoms with Crippen molar-refractivity contribution in [2.75, 3.05) is 13.3 Å². The first-order chi connectivity index (χ1) is 4.52. The van der Waals surface area contributed by atoms with Gasteiger partial charge in [0.25, 0.3) is 0 Å². The Morgan fingerprint density at radius 3 is 1.20 bits per heavy atom. The highest BCUT2D eigenvalue weighted by Crippen LogP contribution is 1.82. The molecule has 10 heavy (non-hydrogen) atoms. The third-order valence-electron chi connectivity index (χ3n) is 1.05. The van der Waals surface area contributed by atoms with Crippen molar-refractivity contribution < 1.29 is 0 Å². The minimum atomic E-state index is 1.22. The largest absolute Gasteiger partial charge is 0.349 e. The zero-order chi connectivity index (χ0) is 8.15. The highest BCUT2D eigenvalue weighted by Gasteiger charge is 1.97. The van der Waals surface area contributed by atoms with Gasteiger partial charge >= 0.3 is 0 Å². The van der Waals surface area contributed by atoms with E-state index in [1.165, 1.54) is 65.4 Å². The quantitative estimate of drug-likeness (QED) is 0.348. The summed E-state index contributed by atoms with van der Waals surface area (Å²) in [4.78, 5) is 0. The first-order valence-electron chi connectivity index (χ1n) is 3.50. The Bertz CT molecular complexity index is 77.0. The van der Waals surface area contributed by atoms with Gasteiger partial charge in [-0.15, -0.1) is 0 Å². The molecule has 0 heterocycles. The van der Waals surface area contributed by atoms with E-state index in [9.17, 15) is 0 Å². The lowest BCUT2D eigenvalue weighted by Crippen LogP contribution is -2.39. The van der Waals surface area contributed by atoms with Crippen molar-refractivity contribution in [2.45, 2.75) is 0 Å². The molecular weight excluding hydrogens is 206 g/mol. The van der Waals surface area contributed by atoms with Crippen LogP contribution >= 0.6 is 0 Å². The van der Waals surface area contributed by atoms with Crippen LogP contribution in [0.1, 0.15) is 0 Å². The molecule has 0 amide bonds. The third kappa shape index (κ3) is 7.08. The number of rotatable bonds is 4. The van der Waals surface area contributed by atoms with Gasteiger partial charge in [-0.1, -0.05) is 0 Å². The van der Waals surface area contributed by atoms with Crippen LogP contribution in [0, 0.1) is 0 Å². The van der Waals surface area contributed by atoms with E-state index in [2.05, 4.69) is 13.0 Å². The molecule has 0 aliphatic carbocycles. The van der Waals surface area contributed by atoms with Gasteiger partial charge < -0.3 is 13.0 Å². The van der Waals surface area contributed by atoms with Crippen LogP contribution in [0.5, 0.6) is 0 Å². The van der Waals surface area contributed by atoms with Gasteiger partial charge in [0.2, 0.25) is 0 Å². The van der Waals surface area contributed by atoms with E-state index in [1.807, 2.05) is 0 Å². The standard InChI is InChI=1S/C2H19N3Si5/c6-3(1-4(7)8)2-5(9)10/h1-2H2,6-10H3. The molecule has 0 atom stereocenters. The van der Waals surface area contributed by atoms with Crippen LogP contribution in [0.15, 0.2) is 0 Å². The summed E-state index contributed by atoms with van der Waals surface area (Å²) >= 11 is 0. The van der Waals surface area contributed by atoms with E-state index in [0.717, 1.165) is 0 Å². The van der Waals surface area contributed by atoms with Crippen LogP contribution in [0.25, 0.3) is 0 Å². The lowest BCUT2D eigenvalue weighted by molar-refractivity contribution is 0.343. The van der Waals surface area contributed by atoms with Gasteiger partial charge in [-0.05, 0) is 0 Å². The van der Waals surface area contributed by atoms with E-state index in [0.29, 0.717) is 0 Å². The zero-order valence-corrected chi connectivity index (χ0v) is 17.8. The molecule has 0 aliphatic rings. The van der Waals surface area contributed by atoms with E-state index in [4.69, 9.17) is 0 Å². The molecule has 0 aromatic rings. The minimum Gasteiger partial charge on any atom is -0.349 e. The van der Waals surface area contributed by atoms with Crippen molar-refractivity contribution in [1.29, 1.82) is 0 Å². The molecule has 0 bridgehead atoms. The fourth-order valence-corrected chi connectivity index (χ4v) is 6.34. The maximum absolute atomic E-state index is 2.53. The number of hydrogen-bond donors (Lipinski definition) is 0. The number of hydrogen-bond acceptors (Lipinski definition) is 3. The molecule has 0 aromatic heterocycles. The van der Waals surface area contributed by atoms with Gasteiger partial charge in [0.05, 0.1) is 52.0 Å². The minimum absolute atomic E-state index is 1.22. The Morgan fingerprint density at radius 2 is 1.00 bits per heavy atom. The van der Waals surface area contributed by atoms with E-state index in [1.54, 1.807) is 0 Å². The summed E-state index contributed by atoms with van der Waals surface area (Å²) in [6.45, 7) is 2.48. The van der Waals surface area contributed by atoms with Crippen LogP contribution < -0.4 is 0 Å². The lowest BCUT2D eigenvalue weighted by atomic mass is 11.0. The van der Waals surface area contributed by atoms with E-state index in [-0.39, 0.29) is 0 Å². The molecule has 0 saturated heterocycles. The normalized spacial score (nSPS) is 13.5. The molecule has 0 N–H and O–H groups in total. The maximum atomic E-state index is 2.53. The van der Waals surface area contributed by atoms with Crippen molar-refractivity contribution in [3.05, 3.63) is 0 Å². The summed E-state index contributed by atoms with van der Waals surface area (Å²) in [7, 11) is 6.21. The molecular formula is C2H19N3Si5. The third-order valence-corrected chi connectivity index (χ3v) is 2.75. The first kappa shape index (κ1) is 11.0. The van der Waals surface area contributed by atoms with Crippen LogP contribution in [-0.4, -0.2) is 78.4 Å². The van der Waals surface area contributed by atoms with Gasteiger partial charge in [0.15, 0.2) is 0 Å². The maximum Gasteiger partial charge on any atom is 0.0815 e. The van der Waals surface area contributed by atoms with Crippen molar-refractivity contribution in [2.24, 2.45) is 0 Å². The predicted molar refractivity (Wildman–Crippen MR) is 64.9 cm³/mol. The first-order valence-corrected chi connectivity index (χ1v) is 7.97. The van der Waals surface area contributed by atoms with E-state index >= 15 is 0 Å². The highest BCUT2D eigenvalue weighted by atomic mass is 28.2. The second kappa shape index (κ2) is 5.59. The van der Waals surface area contributed by atoms with Gasteiger partial charge in [0.1, 0.15) is 0 Å². The van der Waals surface area contributed by atoms with Crippen LogP contribution in [0.2, 0.25) is 0 Å². The molecule has 0 aliphatic heterocycles. The highest BCUT2D eigenvalue weighted by molar-refractivity contribution is 6.26. The molecule has 8 heteroatoms. The monoisotopic (exact) mass is 225 g/mol. The second-order valence-corrected chi connectivity index (χ2v) is 14.2. The van der Waals surface area contributed by atoms with Gasteiger partial charge in [0, 0.05) is 13.3 Å². The molecule has 62 valence electrons. The fourth-order valence-electron chi connectivity index (χ4n) is 1.01. The fraction of sp³-hybridized carbons (Fsp3) is 1.00. The molecule has 0 spiro atoms. The summed E-state index contributed by atoms with van der Waals surface area (Å²) in [6, 6.07) is 0. The van der Waals surface area contributed by atoms with Crippen molar-refractivity contribution >= 4 is 52.0 Å². The second-order valence-electron chi connectivity index (χ2n) is 3.30. The van der Waals surface area contributed by atoms with Crippen molar-refractivity contribution in [1.82, 2.24) is 13.0 Å². The zero-order valence-electron chi connectivity index (χ0n) is 7.76. The molecule has 0 fully saturated rings. The van der Waals surface area contributed by atoms with Gasteiger partial charge in [-0.2, -0.15) is 0 Å². The van der Waals surface area contributed by atoms with Gasteiger partial charge in [-0.3, -0.25) is 0 Å². The molecule has 0 unspecified atom stereocenters. The summed E-state index contributed by atoms with van der Waals surface area (Å²) in [5.74, 6) is 0. The Balaban J connectivity index is 3.34. The average Bonchev–Trinajstić information content (AvgIpc) is 1.58. The van der Waals surface area contributed by atoms with Crippen molar-refractivity contribution in [3.63, 3.8) is 0 Å². The summed E-state index contributed by atoms with van der Waals surface area (Å²) in [6.07, 6.45) is 0. The molecule has 0 saturated carbocycles. The average molecular weight is 226 g/mol. The number of nitrogens with zero attached hydrogens (tertiary/aromatic N) is 3. The molecule has 0 rings (SSSR count).